The molecular formula is C21H28N4O5. The van der Waals surface area contributed by atoms with Crippen LogP contribution in [0.25, 0.3) is 0 Å². The number of anilines is 1. The van der Waals surface area contributed by atoms with Crippen LogP contribution in [-0.4, -0.2) is 85.3 Å². The van der Waals surface area contributed by atoms with Crippen LogP contribution >= 0.6 is 0 Å². The van der Waals surface area contributed by atoms with Gasteiger partial charge in [-0.3, -0.25) is 14.5 Å². The fraction of sp³-hybridized carbons (Fsp3) is 0.571. The van der Waals surface area contributed by atoms with Crippen molar-refractivity contribution in [3.8, 4) is 0 Å². The van der Waals surface area contributed by atoms with Gasteiger partial charge in [-0.1, -0.05) is 18.2 Å². The number of hydroxylamine groups is 2. The molecule has 0 atom stereocenters. The zero-order chi connectivity index (χ0) is 21.1. The van der Waals surface area contributed by atoms with Gasteiger partial charge in [-0.15, -0.1) is 5.06 Å². The molecule has 4 rings (SSSR count). The lowest BCUT2D eigenvalue weighted by molar-refractivity contribution is -0.174. The van der Waals surface area contributed by atoms with Crippen LogP contribution in [0.2, 0.25) is 0 Å². The van der Waals surface area contributed by atoms with E-state index in [-0.39, 0.29) is 12.8 Å². The minimum absolute atomic E-state index is 0.0991. The van der Waals surface area contributed by atoms with Gasteiger partial charge in [-0.2, -0.15) is 0 Å². The Bertz CT molecular complexity index is 800. The predicted octanol–water partition coefficient (Wildman–Crippen LogP) is 1.15. The fourth-order valence-electron chi connectivity index (χ4n) is 4.21. The Morgan fingerprint density at radius 1 is 1.00 bits per heavy atom. The van der Waals surface area contributed by atoms with Crippen LogP contribution < -0.4 is 4.90 Å². The van der Waals surface area contributed by atoms with E-state index in [1.165, 1.54) is 16.8 Å². The van der Waals surface area contributed by atoms with Crippen molar-refractivity contribution in [1.82, 2.24) is 14.9 Å². The summed E-state index contributed by atoms with van der Waals surface area (Å²) in [6.07, 6.45) is -0.438. The molecule has 9 nitrogen and oxygen atoms in total. The van der Waals surface area contributed by atoms with Gasteiger partial charge in [-0.05, 0) is 18.1 Å². The van der Waals surface area contributed by atoms with Crippen LogP contribution in [0.15, 0.2) is 18.2 Å². The zero-order valence-electron chi connectivity index (χ0n) is 17.3. The maximum Gasteiger partial charge on any atom is 0.434 e. The van der Waals surface area contributed by atoms with Gasteiger partial charge in [0.15, 0.2) is 0 Å². The quantitative estimate of drug-likeness (QED) is 0.681. The van der Waals surface area contributed by atoms with Gasteiger partial charge in [0, 0.05) is 64.3 Å². The first kappa shape index (κ1) is 20.6. The number of piperazine rings is 1. The highest BCUT2D eigenvalue weighted by Crippen LogP contribution is 2.27. The van der Waals surface area contributed by atoms with E-state index in [1.807, 2.05) is 0 Å². The summed E-state index contributed by atoms with van der Waals surface area (Å²) in [5.74, 6) is -0.913. The maximum atomic E-state index is 12.3. The molecule has 1 aromatic carbocycles. The second-order valence-electron chi connectivity index (χ2n) is 7.88. The number of imide groups is 1. The maximum absolute atomic E-state index is 12.3. The molecule has 1 aromatic rings. The average Bonchev–Trinajstić information content (AvgIpc) is 3.07. The third-order valence-electron chi connectivity index (χ3n) is 5.85. The minimum atomic E-state index is -0.636. The summed E-state index contributed by atoms with van der Waals surface area (Å²) in [4.78, 5) is 46.9. The number of carbonyl (C=O) groups excluding carboxylic acids is 3. The van der Waals surface area contributed by atoms with E-state index in [9.17, 15) is 14.4 Å². The number of aryl methyl sites for hydroxylation is 1. The summed E-state index contributed by atoms with van der Waals surface area (Å²) >= 11 is 0. The van der Waals surface area contributed by atoms with Crippen molar-refractivity contribution in [2.75, 3.05) is 57.4 Å². The van der Waals surface area contributed by atoms with E-state index < -0.39 is 17.9 Å². The first-order valence-electron chi connectivity index (χ1n) is 10.5. The van der Waals surface area contributed by atoms with Crippen LogP contribution in [0.1, 0.15) is 24.0 Å². The Labute approximate surface area is 176 Å². The monoisotopic (exact) mass is 416 g/mol. The average molecular weight is 416 g/mol. The number of hydrogen-bond donors (Lipinski definition) is 0. The molecule has 0 spiro atoms. The number of ether oxygens (including phenoxy) is 1. The first-order valence-corrected chi connectivity index (χ1v) is 10.5. The molecule has 3 heterocycles. The lowest BCUT2D eigenvalue weighted by Gasteiger charge is -2.36. The Balaban J connectivity index is 1.34. The van der Waals surface area contributed by atoms with Crippen molar-refractivity contribution in [1.29, 1.82) is 0 Å². The normalized spacial score (nSPS) is 20.8. The van der Waals surface area contributed by atoms with Crippen LogP contribution in [0.5, 0.6) is 0 Å². The Morgan fingerprint density at radius 3 is 2.33 bits per heavy atom. The topological polar surface area (TPSA) is 82.6 Å². The molecule has 0 saturated carbocycles. The number of morpholine rings is 1. The summed E-state index contributed by atoms with van der Waals surface area (Å²) in [7, 11) is 0. The van der Waals surface area contributed by atoms with Gasteiger partial charge in [0.1, 0.15) is 0 Å². The van der Waals surface area contributed by atoms with E-state index >= 15 is 0 Å². The number of hydrogen-bond acceptors (Lipinski definition) is 7. The molecule has 0 radical (unpaired) electrons. The van der Waals surface area contributed by atoms with E-state index in [0.29, 0.717) is 31.2 Å². The number of benzene rings is 1. The van der Waals surface area contributed by atoms with Crippen molar-refractivity contribution in [2.45, 2.75) is 26.3 Å². The predicted molar refractivity (Wildman–Crippen MR) is 109 cm³/mol. The molecule has 162 valence electrons. The molecule has 0 bridgehead atoms. The van der Waals surface area contributed by atoms with E-state index in [2.05, 4.69) is 34.9 Å². The molecule has 3 fully saturated rings. The van der Waals surface area contributed by atoms with Gasteiger partial charge in [0.05, 0.1) is 13.2 Å². The highest BCUT2D eigenvalue weighted by molar-refractivity contribution is 6.01. The molecular weight excluding hydrogens is 388 g/mol. The van der Waals surface area contributed by atoms with Gasteiger partial charge < -0.3 is 19.4 Å². The second-order valence-corrected chi connectivity index (χ2v) is 7.88. The van der Waals surface area contributed by atoms with Crippen molar-refractivity contribution < 1.29 is 24.0 Å². The Hall–Kier alpha value is -2.65. The summed E-state index contributed by atoms with van der Waals surface area (Å²) < 4.78 is 5.50. The summed E-state index contributed by atoms with van der Waals surface area (Å²) in [5, 5.41) is 0.607. The lowest BCUT2D eigenvalue weighted by atomic mass is 10.1. The number of amides is 3. The summed E-state index contributed by atoms with van der Waals surface area (Å²) in [6.45, 7) is 8.62. The second kappa shape index (κ2) is 9.01. The molecule has 0 aliphatic carbocycles. The molecule has 3 aliphatic rings. The number of para-hydroxylation sites is 1. The molecule has 9 heteroatoms. The van der Waals surface area contributed by atoms with Crippen molar-refractivity contribution >= 4 is 23.6 Å². The van der Waals surface area contributed by atoms with Crippen LogP contribution in [0.3, 0.4) is 0 Å². The van der Waals surface area contributed by atoms with Crippen LogP contribution in [0.4, 0.5) is 10.5 Å². The molecule has 0 aromatic heterocycles. The zero-order valence-corrected chi connectivity index (χ0v) is 17.3. The Morgan fingerprint density at radius 2 is 1.67 bits per heavy atom. The van der Waals surface area contributed by atoms with E-state index in [1.54, 1.807) is 4.90 Å². The molecule has 30 heavy (non-hydrogen) atoms. The van der Waals surface area contributed by atoms with Gasteiger partial charge >= 0.3 is 6.09 Å². The van der Waals surface area contributed by atoms with Crippen LogP contribution in [0, 0.1) is 6.92 Å². The third kappa shape index (κ3) is 4.41. The summed E-state index contributed by atoms with van der Waals surface area (Å²) in [6, 6.07) is 6.40. The van der Waals surface area contributed by atoms with Crippen molar-refractivity contribution in [3.05, 3.63) is 29.3 Å². The van der Waals surface area contributed by atoms with E-state index in [4.69, 9.17) is 9.57 Å². The highest BCUT2D eigenvalue weighted by atomic mass is 16.7. The number of nitrogens with zero attached hydrogens (tertiary/aromatic N) is 4. The van der Waals surface area contributed by atoms with Gasteiger partial charge in [0.25, 0.3) is 11.8 Å². The lowest BCUT2D eigenvalue weighted by Crippen LogP contribution is -2.50. The summed E-state index contributed by atoms with van der Waals surface area (Å²) in [5.41, 5.74) is 3.83. The largest absolute Gasteiger partial charge is 0.434 e. The molecule has 0 unspecified atom stereocenters. The van der Waals surface area contributed by atoms with Gasteiger partial charge in [-0.25, -0.2) is 4.79 Å². The van der Waals surface area contributed by atoms with Gasteiger partial charge in [0.2, 0.25) is 0 Å². The third-order valence-corrected chi connectivity index (χ3v) is 5.85. The smallest absolute Gasteiger partial charge is 0.378 e. The SMILES string of the molecule is Cc1cccc(CN2CCN(C(=O)ON3C(=O)CCC3=O)CC2)c1N1CCOCC1. The van der Waals surface area contributed by atoms with Crippen molar-refractivity contribution in [3.63, 3.8) is 0 Å². The highest BCUT2D eigenvalue weighted by Gasteiger charge is 2.35. The fourth-order valence-corrected chi connectivity index (χ4v) is 4.21. The molecule has 3 aliphatic heterocycles. The standard InChI is InChI=1S/C21H28N4O5/c1-16-3-2-4-17(20(16)23-11-13-29-14-12-23)15-22-7-9-24(10-8-22)21(28)30-25-18(26)5-6-19(25)27/h2-4H,5-15H2,1H3. The first-order chi connectivity index (χ1) is 14.5. The molecule has 3 amide bonds. The Kier molecular flexibility index (Phi) is 6.19. The van der Waals surface area contributed by atoms with Crippen LogP contribution in [-0.2, 0) is 25.7 Å². The van der Waals surface area contributed by atoms with Crippen molar-refractivity contribution in [2.24, 2.45) is 0 Å². The molecule has 0 N–H and O–H groups in total. The molecule has 3 saturated heterocycles. The minimum Gasteiger partial charge on any atom is -0.378 e. The van der Waals surface area contributed by atoms with E-state index in [0.717, 1.165) is 32.8 Å². The number of rotatable bonds is 4. The number of carbonyl (C=O) groups is 3.